The molecule has 2 heterocycles. The molecule has 0 saturated carbocycles. The lowest BCUT2D eigenvalue weighted by Gasteiger charge is -2.28. The minimum absolute atomic E-state index is 0.338. The molecule has 0 bridgehead atoms. The van der Waals surface area contributed by atoms with Gasteiger partial charge in [0.05, 0.1) is 4.90 Å². The van der Waals surface area contributed by atoms with E-state index >= 15 is 0 Å². The number of sulfonamides is 1. The van der Waals surface area contributed by atoms with Crippen molar-refractivity contribution in [3.05, 3.63) is 84.2 Å². The van der Waals surface area contributed by atoms with Crippen LogP contribution in [0, 0.1) is 0 Å². The maximum Gasteiger partial charge on any atom is 0.243 e. The van der Waals surface area contributed by atoms with Gasteiger partial charge in [-0.25, -0.2) is 8.42 Å². The second-order valence-corrected chi connectivity index (χ2v) is 8.06. The second kappa shape index (κ2) is 6.43. The van der Waals surface area contributed by atoms with Gasteiger partial charge in [0.15, 0.2) is 0 Å². The van der Waals surface area contributed by atoms with Gasteiger partial charge < -0.3 is 0 Å². The summed E-state index contributed by atoms with van der Waals surface area (Å²) in [5.74, 6) is 0. The van der Waals surface area contributed by atoms with Crippen LogP contribution in [0.3, 0.4) is 0 Å². The van der Waals surface area contributed by atoms with Crippen LogP contribution in [0.1, 0.15) is 11.1 Å². The number of hydrogen-bond acceptors (Lipinski definition) is 3. The first-order chi connectivity index (χ1) is 12.1. The minimum atomic E-state index is -3.48. The van der Waals surface area contributed by atoms with E-state index in [4.69, 9.17) is 0 Å². The van der Waals surface area contributed by atoms with Crippen molar-refractivity contribution in [2.24, 2.45) is 0 Å². The Hall–Kier alpha value is -2.50. The Bertz CT molecular complexity index is 984. The molecule has 0 N–H and O–H groups in total. The van der Waals surface area contributed by atoms with Gasteiger partial charge in [-0.2, -0.15) is 4.31 Å². The molecular formula is C20H18N2O2S. The predicted molar refractivity (Wildman–Crippen MR) is 97.4 cm³/mol. The average molecular weight is 350 g/mol. The number of benzene rings is 2. The lowest BCUT2D eigenvalue weighted by Crippen LogP contribution is -2.35. The third-order valence-electron chi connectivity index (χ3n) is 4.60. The first kappa shape index (κ1) is 16.0. The molecule has 0 spiro atoms. The molecule has 126 valence electrons. The first-order valence-corrected chi connectivity index (χ1v) is 9.66. The summed E-state index contributed by atoms with van der Waals surface area (Å²) in [6, 6.07) is 18.9. The fourth-order valence-electron chi connectivity index (χ4n) is 3.19. The van der Waals surface area contributed by atoms with Crippen molar-refractivity contribution >= 4 is 10.0 Å². The maximum absolute atomic E-state index is 13.0. The predicted octanol–water partition coefficient (Wildman–Crippen LogP) is 3.50. The lowest BCUT2D eigenvalue weighted by molar-refractivity contribution is 0.391. The zero-order valence-corrected chi connectivity index (χ0v) is 14.5. The van der Waals surface area contributed by atoms with Gasteiger partial charge in [0.2, 0.25) is 10.0 Å². The van der Waals surface area contributed by atoms with E-state index in [1.165, 1.54) is 5.56 Å². The van der Waals surface area contributed by atoms with E-state index in [1.54, 1.807) is 28.8 Å². The summed E-state index contributed by atoms with van der Waals surface area (Å²) < 4.78 is 27.5. The molecule has 4 rings (SSSR count). The Morgan fingerprint density at radius 2 is 1.44 bits per heavy atom. The fourth-order valence-corrected chi connectivity index (χ4v) is 4.61. The van der Waals surface area contributed by atoms with Gasteiger partial charge in [-0.3, -0.25) is 4.98 Å². The maximum atomic E-state index is 13.0. The highest BCUT2D eigenvalue weighted by Gasteiger charge is 2.28. The molecule has 3 aromatic rings. The minimum Gasteiger partial charge on any atom is -0.265 e. The molecule has 0 radical (unpaired) electrons. The normalized spacial score (nSPS) is 14.9. The number of rotatable bonds is 3. The van der Waals surface area contributed by atoms with Crippen molar-refractivity contribution in [2.45, 2.75) is 17.9 Å². The molecule has 1 aliphatic heterocycles. The smallest absolute Gasteiger partial charge is 0.243 e. The Balaban J connectivity index is 1.61. The van der Waals surface area contributed by atoms with E-state index < -0.39 is 10.0 Å². The summed E-state index contributed by atoms with van der Waals surface area (Å²) in [4.78, 5) is 4.34. The van der Waals surface area contributed by atoms with E-state index in [9.17, 15) is 8.42 Å². The van der Waals surface area contributed by atoms with E-state index in [-0.39, 0.29) is 0 Å². The van der Waals surface area contributed by atoms with Crippen molar-refractivity contribution in [2.75, 3.05) is 6.54 Å². The SMILES string of the molecule is O=S(=O)(c1ccc(-c2ccncc2)cc1)N1CCc2ccccc2C1. The van der Waals surface area contributed by atoms with Crippen LogP contribution in [0.5, 0.6) is 0 Å². The molecule has 0 amide bonds. The summed E-state index contributed by atoms with van der Waals surface area (Å²) in [6.45, 7) is 0.954. The number of hydrogen-bond donors (Lipinski definition) is 0. The third kappa shape index (κ3) is 3.08. The summed E-state index contributed by atoms with van der Waals surface area (Å²) in [7, 11) is -3.48. The van der Waals surface area contributed by atoms with Gasteiger partial charge in [-0.15, -0.1) is 0 Å². The van der Waals surface area contributed by atoms with E-state index in [1.807, 2.05) is 42.5 Å². The molecular weight excluding hydrogens is 332 g/mol. The van der Waals surface area contributed by atoms with E-state index in [2.05, 4.69) is 11.1 Å². The van der Waals surface area contributed by atoms with Crippen LogP contribution in [-0.4, -0.2) is 24.3 Å². The van der Waals surface area contributed by atoms with Crippen LogP contribution in [0.25, 0.3) is 11.1 Å². The molecule has 2 aromatic carbocycles. The van der Waals surface area contributed by atoms with Crippen molar-refractivity contribution < 1.29 is 8.42 Å². The number of aromatic nitrogens is 1. The summed E-state index contributed by atoms with van der Waals surface area (Å²) in [5, 5.41) is 0. The van der Waals surface area contributed by atoms with Crippen molar-refractivity contribution in [3.63, 3.8) is 0 Å². The summed E-state index contributed by atoms with van der Waals surface area (Å²) in [5.41, 5.74) is 4.32. The third-order valence-corrected chi connectivity index (χ3v) is 6.46. The fraction of sp³-hybridized carbons (Fsp3) is 0.150. The number of nitrogens with zero attached hydrogens (tertiary/aromatic N) is 2. The zero-order valence-electron chi connectivity index (χ0n) is 13.7. The van der Waals surface area contributed by atoms with Crippen LogP contribution >= 0.6 is 0 Å². The van der Waals surface area contributed by atoms with Crippen LogP contribution in [0.4, 0.5) is 0 Å². The van der Waals surface area contributed by atoms with Crippen LogP contribution in [-0.2, 0) is 23.0 Å². The molecule has 0 saturated heterocycles. The lowest BCUT2D eigenvalue weighted by atomic mass is 10.0. The molecule has 5 heteroatoms. The second-order valence-electron chi connectivity index (χ2n) is 6.12. The zero-order chi connectivity index (χ0) is 17.3. The van der Waals surface area contributed by atoms with Gasteiger partial charge in [-0.05, 0) is 52.9 Å². The molecule has 0 aliphatic carbocycles. The standard InChI is InChI=1S/C20H18N2O2S/c23-25(24,22-14-11-16-3-1-2-4-19(16)15-22)20-7-5-17(6-8-20)18-9-12-21-13-10-18/h1-10,12-13H,11,14-15H2. The number of fused-ring (bicyclic) bond motifs is 1. The van der Waals surface area contributed by atoms with Crippen molar-refractivity contribution in [3.8, 4) is 11.1 Å². The Morgan fingerprint density at radius 1 is 0.800 bits per heavy atom. The summed E-state index contributed by atoms with van der Waals surface area (Å²) in [6.07, 6.45) is 4.21. The molecule has 25 heavy (non-hydrogen) atoms. The van der Waals surface area contributed by atoms with Gasteiger partial charge in [0.25, 0.3) is 0 Å². The van der Waals surface area contributed by atoms with Gasteiger partial charge in [0, 0.05) is 25.5 Å². The molecule has 1 aromatic heterocycles. The van der Waals surface area contributed by atoms with Crippen LogP contribution < -0.4 is 0 Å². The Morgan fingerprint density at radius 3 is 2.16 bits per heavy atom. The van der Waals surface area contributed by atoms with Crippen LogP contribution in [0.15, 0.2) is 78.0 Å². The highest BCUT2D eigenvalue weighted by molar-refractivity contribution is 7.89. The molecule has 0 atom stereocenters. The Kier molecular flexibility index (Phi) is 4.11. The molecule has 4 nitrogen and oxygen atoms in total. The largest absolute Gasteiger partial charge is 0.265 e. The van der Waals surface area contributed by atoms with Gasteiger partial charge in [0.1, 0.15) is 0 Å². The summed E-state index contributed by atoms with van der Waals surface area (Å²) >= 11 is 0. The van der Waals surface area contributed by atoms with Gasteiger partial charge >= 0.3 is 0 Å². The molecule has 0 unspecified atom stereocenters. The molecule has 1 aliphatic rings. The molecule has 0 fully saturated rings. The highest BCUT2D eigenvalue weighted by atomic mass is 32.2. The van der Waals surface area contributed by atoms with Crippen molar-refractivity contribution in [1.82, 2.24) is 9.29 Å². The van der Waals surface area contributed by atoms with Gasteiger partial charge in [-0.1, -0.05) is 36.4 Å². The van der Waals surface area contributed by atoms with E-state index in [0.29, 0.717) is 18.0 Å². The topological polar surface area (TPSA) is 50.3 Å². The van der Waals surface area contributed by atoms with Crippen LogP contribution in [0.2, 0.25) is 0 Å². The highest BCUT2D eigenvalue weighted by Crippen LogP contribution is 2.26. The monoisotopic (exact) mass is 350 g/mol. The number of pyridine rings is 1. The Labute approximate surface area is 147 Å². The van der Waals surface area contributed by atoms with E-state index in [0.717, 1.165) is 23.1 Å². The van der Waals surface area contributed by atoms with Crippen molar-refractivity contribution in [1.29, 1.82) is 0 Å². The first-order valence-electron chi connectivity index (χ1n) is 8.22. The average Bonchev–Trinajstić information content (AvgIpc) is 2.68. The quantitative estimate of drug-likeness (QED) is 0.726.